The Morgan fingerprint density at radius 1 is 1.29 bits per heavy atom. The van der Waals surface area contributed by atoms with Gasteiger partial charge in [0.1, 0.15) is 6.04 Å². The lowest BCUT2D eigenvalue weighted by atomic mass is 9.87. The van der Waals surface area contributed by atoms with E-state index in [1.165, 1.54) is 18.9 Å². The van der Waals surface area contributed by atoms with Crippen LogP contribution in [-0.4, -0.2) is 47.4 Å². The quantitative estimate of drug-likeness (QED) is 0.733. The molecule has 0 aromatic carbocycles. The van der Waals surface area contributed by atoms with Crippen LogP contribution in [0.4, 0.5) is 0 Å². The van der Waals surface area contributed by atoms with Crippen LogP contribution in [0.3, 0.4) is 0 Å². The number of carboxylic acids is 1. The highest BCUT2D eigenvalue weighted by atomic mass is 16.4. The fourth-order valence-electron chi connectivity index (χ4n) is 1.18. The molecule has 0 rings (SSSR count). The van der Waals surface area contributed by atoms with E-state index in [9.17, 15) is 14.4 Å². The van der Waals surface area contributed by atoms with E-state index < -0.39 is 23.3 Å². The SMILES string of the molecule is CC(=O)N(C)CC(=O)N[C@H](C(=O)O)C(C)(C)C. The number of carbonyl (C=O) groups is 3. The van der Waals surface area contributed by atoms with E-state index in [1.54, 1.807) is 20.8 Å². The first kappa shape index (κ1) is 15.4. The van der Waals surface area contributed by atoms with Gasteiger partial charge in [-0.15, -0.1) is 0 Å². The van der Waals surface area contributed by atoms with E-state index >= 15 is 0 Å². The largest absolute Gasteiger partial charge is 0.480 e. The lowest BCUT2D eigenvalue weighted by Gasteiger charge is -2.28. The number of carbonyl (C=O) groups excluding carboxylic acids is 2. The van der Waals surface area contributed by atoms with Gasteiger partial charge in [0, 0.05) is 14.0 Å². The van der Waals surface area contributed by atoms with Crippen molar-refractivity contribution in [2.24, 2.45) is 5.41 Å². The van der Waals surface area contributed by atoms with Gasteiger partial charge < -0.3 is 15.3 Å². The molecule has 2 amide bonds. The molecule has 0 aliphatic rings. The molecule has 0 saturated carbocycles. The third-order valence-corrected chi connectivity index (χ3v) is 2.34. The van der Waals surface area contributed by atoms with Gasteiger partial charge in [0.05, 0.1) is 6.54 Å². The van der Waals surface area contributed by atoms with Crippen LogP contribution in [-0.2, 0) is 14.4 Å². The highest BCUT2D eigenvalue weighted by Gasteiger charge is 2.32. The topological polar surface area (TPSA) is 86.7 Å². The number of likely N-dealkylation sites (N-methyl/N-ethyl adjacent to an activating group) is 1. The molecule has 0 aliphatic heterocycles. The molecule has 0 aromatic rings. The number of amides is 2. The molecule has 17 heavy (non-hydrogen) atoms. The minimum atomic E-state index is -1.09. The molecule has 6 heteroatoms. The van der Waals surface area contributed by atoms with Gasteiger partial charge in [-0.2, -0.15) is 0 Å². The number of carboxylic acid groups (broad SMARTS) is 1. The smallest absolute Gasteiger partial charge is 0.326 e. The van der Waals surface area contributed by atoms with Crippen LogP contribution in [0.1, 0.15) is 27.7 Å². The molecule has 0 fully saturated rings. The second-order valence-electron chi connectivity index (χ2n) is 5.08. The summed E-state index contributed by atoms with van der Waals surface area (Å²) in [6.07, 6.45) is 0. The first-order valence-electron chi connectivity index (χ1n) is 5.29. The number of aliphatic carboxylic acids is 1. The van der Waals surface area contributed by atoms with E-state index in [4.69, 9.17) is 5.11 Å². The van der Waals surface area contributed by atoms with Crippen LogP contribution in [0.15, 0.2) is 0 Å². The normalized spacial score (nSPS) is 12.8. The van der Waals surface area contributed by atoms with Crippen molar-refractivity contribution in [3.8, 4) is 0 Å². The molecule has 1 atom stereocenters. The number of hydrogen-bond acceptors (Lipinski definition) is 3. The molecule has 0 heterocycles. The van der Waals surface area contributed by atoms with E-state index in [0.717, 1.165) is 0 Å². The molecule has 0 aromatic heterocycles. The standard InChI is InChI=1S/C11H20N2O4/c1-7(14)13(5)6-8(15)12-9(10(16)17)11(2,3)4/h9H,6H2,1-5H3,(H,12,15)(H,16,17)/t9-/m1/s1. The summed E-state index contributed by atoms with van der Waals surface area (Å²) in [5.74, 6) is -1.82. The zero-order valence-corrected chi connectivity index (χ0v) is 10.9. The minimum Gasteiger partial charge on any atom is -0.480 e. The summed E-state index contributed by atoms with van der Waals surface area (Å²) in [5.41, 5.74) is -0.587. The molecule has 0 bridgehead atoms. The summed E-state index contributed by atoms with van der Waals surface area (Å²) in [5, 5.41) is 11.4. The van der Waals surface area contributed by atoms with Crippen molar-refractivity contribution in [1.29, 1.82) is 0 Å². The van der Waals surface area contributed by atoms with Gasteiger partial charge in [-0.1, -0.05) is 20.8 Å². The van der Waals surface area contributed by atoms with Crippen molar-refractivity contribution in [2.45, 2.75) is 33.7 Å². The first-order valence-corrected chi connectivity index (χ1v) is 5.29. The van der Waals surface area contributed by atoms with Crippen LogP contribution in [0.25, 0.3) is 0 Å². The Hall–Kier alpha value is -1.59. The Morgan fingerprint density at radius 2 is 1.76 bits per heavy atom. The second-order valence-corrected chi connectivity index (χ2v) is 5.08. The predicted octanol–water partition coefficient (Wildman–Crippen LogP) is 0.0802. The predicted molar refractivity (Wildman–Crippen MR) is 62.3 cm³/mol. The number of hydrogen-bond donors (Lipinski definition) is 2. The van der Waals surface area contributed by atoms with Crippen LogP contribution >= 0.6 is 0 Å². The maximum atomic E-state index is 11.6. The molecule has 0 aliphatic carbocycles. The lowest BCUT2D eigenvalue weighted by Crippen LogP contribution is -2.51. The van der Waals surface area contributed by atoms with E-state index in [2.05, 4.69) is 5.32 Å². The van der Waals surface area contributed by atoms with E-state index in [-0.39, 0.29) is 12.5 Å². The molecule has 0 spiro atoms. The Balaban J connectivity index is 4.54. The van der Waals surface area contributed by atoms with E-state index in [1.807, 2.05) is 0 Å². The number of rotatable bonds is 4. The maximum absolute atomic E-state index is 11.6. The van der Waals surface area contributed by atoms with Gasteiger partial charge in [0.25, 0.3) is 0 Å². The monoisotopic (exact) mass is 244 g/mol. The van der Waals surface area contributed by atoms with Crippen molar-refractivity contribution in [3.63, 3.8) is 0 Å². The summed E-state index contributed by atoms with van der Waals surface area (Å²) in [6.45, 7) is 6.36. The Kier molecular flexibility index (Phi) is 5.12. The molecular formula is C11H20N2O4. The fraction of sp³-hybridized carbons (Fsp3) is 0.727. The Morgan fingerprint density at radius 3 is 2.06 bits per heavy atom. The van der Waals surface area contributed by atoms with Crippen molar-refractivity contribution >= 4 is 17.8 Å². The highest BCUT2D eigenvalue weighted by molar-refractivity contribution is 5.87. The van der Waals surface area contributed by atoms with E-state index in [0.29, 0.717) is 0 Å². The van der Waals surface area contributed by atoms with Crippen LogP contribution < -0.4 is 5.32 Å². The van der Waals surface area contributed by atoms with Crippen LogP contribution in [0.5, 0.6) is 0 Å². The zero-order chi connectivity index (χ0) is 13.8. The molecular weight excluding hydrogens is 224 g/mol. The van der Waals surface area contributed by atoms with Crippen LogP contribution in [0.2, 0.25) is 0 Å². The summed E-state index contributed by atoms with van der Waals surface area (Å²) >= 11 is 0. The van der Waals surface area contributed by atoms with Crippen molar-refractivity contribution in [3.05, 3.63) is 0 Å². The summed E-state index contributed by atoms with van der Waals surface area (Å²) < 4.78 is 0. The molecule has 0 unspecified atom stereocenters. The number of nitrogens with one attached hydrogen (secondary N) is 1. The third-order valence-electron chi connectivity index (χ3n) is 2.34. The molecule has 0 radical (unpaired) electrons. The third kappa shape index (κ3) is 5.33. The summed E-state index contributed by atoms with van der Waals surface area (Å²) in [7, 11) is 1.48. The van der Waals surface area contributed by atoms with Gasteiger partial charge in [-0.3, -0.25) is 9.59 Å². The molecule has 2 N–H and O–H groups in total. The summed E-state index contributed by atoms with van der Waals surface area (Å²) in [6, 6.07) is -0.977. The average molecular weight is 244 g/mol. The fourth-order valence-corrected chi connectivity index (χ4v) is 1.18. The Bertz CT molecular complexity index is 320. The lowest BCUT2D eigenvalue weighted by molar-refractivity contribution is -0.145. The van der Waals surface area contributed by atoms with Gasteiger partial charge in [-0.05, 0) is 5.41 Å². The van der Waals surface area contributed by atoms with Crippen molar-refractivity contribution in [1.82, 2.24) is 10.2 Å². The van der Waals surface area contributed by atoms with Crippen molar-refractivity contribution < 1.29 is 19.5 Å². The molecule has 6 nitrogen and oxygen atoms in total. The van der Waals surface area contributed by atoms with Gasteiger partial charge in [0.15, 0.2) is 0 Å². The zero-order valence-electron chi connectivity index (χ0n) is 10.9. The molecule has 0 saturated heterocycles. The second kappa shape index (κ2) is 5.65. The molecule has 98 valence electrons. The first-order chi connectivity index (χ1) is 7.55. The number of nitrogens with zero attached hydrogens (tertiary/aromatic N) is 1. The van der Waals surface area contributed by atoms with Gasteiger partial charge in [-0.25, -0.2) is 4.79 Å². The Labute approximate surface area is 101 Å². The van der Waals surface area contributed by atoms with Crippen molar-refractivity contribution in [2.75, 3.05) is 13.6 Å². The minimum absolute atomic E-state index is 0.144. The highest BCUT2D eigenvalue weighted by Crippen LogP contribution is 2.19. The van der Waals surface area contributed by atoms with Gasteiger partial charge >= 0.3 is 5.97 Å². The summed E-state index contributed by atoms with van der Waals surface area (Å²) in [4.78, 5) is 34.7. The van der Waals surface area contributed by atoms with Gasteiger partial charge in [0.2, 0.25) is 11.8 Å². The van der Waals surface area contributed by atoms with Crippen LogP contribution in [0, 0.1) is 5.41 Å². The maximum Gasteiger partial charge on any atom is 0.326 e. The average Bonchev–Trinajstić information content (AvgIpc) is 2.11.